The van der Waals surface area contributed by atoms with Crippen molar-refractivity contribution in [3.8, 4) is 11.8 Å². The SMILES string of the molecule is COc1ccc(C#N)cc1CN1C[C@@H](OC)C[C@H]1CO. The third kappa shape index (κ3) is 3.10. The van der Waals surface area contributed by atoms with Crippen molar-refractivity contribution in [2.75, 3.05) is 27.4 Å². The van der Waals surface area contributed by atoms with Crippen molar-refractivity contribution in [2.24, 2.45) is 0 Å². The maximum absolute atomic E-state index is 9.47. The molecule has 2 rings (SSSR count). The molecule has 20 heavy (non-hydrogen) atoms. The number of rotatable bonds is 5. The van der Waals surface area contributed by atoms with Crippen LogP contribution in [-0.4, -0.2) is 49.5 Å². The van der Waals surface area contributed by atoms with Crippen LogP contribution in [0.1, 0.15) is 17.5 Å². The molecular formula is C15H20N2O3. The number of ether oxygens (including phenoxy) is 2. The van der Waals surface area contributed by atoms with Crippen LogP contribution in [0, 0.1) is 11.3 Å². The number of nitrogens with zero attached hydrogens (tertiary/aromatic N) is 2. The average molecular weight is 276 g/mol. The number of likely N-dealkylation sites (tertiary alicyclic amines) is 1. The number of methoxy groups -OCH3 is 2. The molecule has 1 aromatic carbocycles. The van der Waals surface area contributed by atoms with Crippen molar-refractivity contribution in [1.82, 2.24) is 4.90 Å². The first-order valence-electron chi connectivity index (χ1n) is 6.66. The number of aliphatic hydroxyl groups excluding tert-OH is 1. The Hall–Kier alpha value is -1.61. The molecule has 1 aromatic rings. The summed E-state index contributed by atoms with van der Waals surface area (Å²) < 4.78 is 10.7. The molecule has 0 saturated carbocycles. The molecule has 1 N–H and O–H groups in total. The number of hydrogen-bond acceptors (Lipinski definition) is 5. The second-order valence-corrected chi connectivity index (χ2v) is 5.00. The van der Waals surface area contributed by atoms with E-state index in [-0.39, 0.29) is 18.8 Å². The zero-order valence-electron chi connectivity index (χ0n) is 11.9. The Bertz CT molecular complexity index is 498. The molecule has 0 unspecified atom stereocenters. The van der Waals surface area contributed by atoms with Crippen LogP contribution in [0.5, 0.6) is 5.75 Å². The van der Waals surface area contributed by atoms with E-state index in [4.69, 9.17) is 14.7 Å². The van der Waals surface area contributed by atoms with Crippen LogP contribution in [0.4, 0.5) is 0 Å². The highest BCUT2D eigenvalue weighted by Crippen LogP contribution is 2.26. The van der Waals surface area contributed by atoms with Gasteiger partial charge in [-0.25, -0.2) is 0 Å². The molecule has 1 aliphatic heterocycles. The van der Waals surface area contributed by atoms with Gasteiger partial charge >= 0.3 is 0 Å². The summed E-state index contributed by atoms with van der Waals surface area (Å²) in [5, 5.41) is 18.5. The van der Waals surface area contributed by atoms with Crippen LogP contribution >= 0.6 is 0 Å². The Morgan fingerprint density at radius 2 is 2.25 bits per heavy atom. The first kappa shape index (κ1) is 14.8. The monoisotopic (exact) mass is 276 g/mol. The average Bonchev–Trinajstić information content (AvgIpc) is 2.89. The quantitative estimate of drug-likeness (QED) is 0.874. The van der Waals surface area contributed by atoms with Gasteiger partial charge in [-0.15, -0.1) is 0 Å². The molecule has 0 aliphatic carbocycles. The maximum atomic E-state index is 9.47. The number of aliphatic hydroxyl groups is 1. The first-order valence-corrected chi connectivity index (χ1v) is 6.66. The second-order valence-electron chi connectivity index (χ2n) is 5.00. The first-order chi connectivity index (χ1) is 9.71. The van der Waals surface area contributed by atoms with Crippen LogP contribution in [0.3, 0.4) is 0 Å². The van der Waals surface area contributed by atoms with Crippen molar-refractivity contribution in [3.05, 3.63) is 29.3 Å². The normalized spacial score (nSPS) is 22.7. The summed E-state index contributed by atoms with van der Waals surface area (Å²) in [6.07, 6.45) is 0.977. The van der Waals surface area contributed by atoms with Crippen molar-refractivity contribution in [1.29, 1.82) is 5.26 Å². The number of benzene rings is 1. The minimum atomic E-state index is 0.0930. The molecule has 1 heterocycles. The van der Waals surface area contributed by atoms with Crippen LogP contribution < -0.4 is 4.74 Å². The fraction of sp³-hybridized carbons (Fsp3) is 0.533. The zero-order valence-corrected chi connectivity index (χ0v) is 11.9. The summed E-state index contributed by atoms with van der Waals surface area (Å²) in [5.74, 6) is 0.765. The Labute approximate surface area is 119 Å². The summed E-state index contributed by atoms with van der Waals surface area (Å²) in [5.41, 5.74) is 1.57. The molecule has 5 nitrogen and oxygen atoms in total. The summed E-state index contributed by atoms with van der Waals surface area (Å²) in [6.45, 7) is 1.53. The van der Waals surface area contributed by atoms with Crippen molar-refractivity contribution in [2.45, 2.75) is 25.1 Å². The molecule has 108 valence electrons. The van der Waals surface area contributed by atoms with Gasteiger partial charge < -0.3 is 14.6 Å². The molecule has 0 bridgehead atoms. The molecule has 5 heteroatoms. The van der Waals surface area contributed by atoms with Crippen LogP contribution in [0.15, 0.2) is 18.2 Å². The number of hydrogen-bond donors (Lipinski definition) is 1. The Kier molecular flexibility index (Phi) is 4.96. The smallest absolute Gasteiger partial charge is 0.123 e. The summed E-state index contributed by atoms with van der Waals surface area (Å²) in [7, 11) is 3.32. The highest BCUT2D eigenvalue weighted by atomic mass is 16.5. The topological polar surface area (TPSA) is 65.7 Å². The maximum Gasteiger partial charge on any atom is 0.123 e. The minimum absolute atomic E-state index is 0.0930. The van der Waals surface area contributed by atoms with Crippen molar-refractivity contribution >= 4 is 0 Å². The van der Waals surface area contributed by atoms with Gasteiger partial charge in [0, 0.05) is 31.8 Å². The van der Waals surface area contributed by atoms with E-state index in [1.807, 2.05) is 12.1 Å². The second kappa shape index (κ2) is 6.71. The molecule has 1 aliphatic rings. The summed E-state index contributed by atoms with van der Waals surface area (Å²) in [4.78, 5) is 2.17. The van der Waals surface area contributed by atoms with Gasteiger partial charge in [0.15, 0.2) is 0 Å². The molecule has 1 fully saturated rings. The van der Waals surface area contributed by atoms with Gasteiger partial charge in [0.1, 0.15) is 5.75 Å². The van der Waals surface area contributed by atoms with Crippen molar-refractivity contribution < 1.29 is 14.6 Å². The van der Waals surface area contributed by atoms with E-state index in [0.29, 0.717) is 12.1 Å². The van der Waals surface area contributed by atoms with Crippen molar-refractivity contribution in [3.63, 3.8) is 0 Å². The van der Waals surface area contributed by atoms with E-state index in [1.165, 1.54) is 0 Å². The predicted octanol–water partition coefficient (Wildman–Crippen LogP) is 1.15. The molecular weight excluding hydrogens is 256 g/mol. The Morgan fingerprint density at radius 1 is 1.45 bits per heavy atom. The fourth-order valence-corrected chi connectivity index (χ4v) is 2.68. The van der Waals surface area contributed by atoms with Crippen LogP contribution in [0.25, 0.3) is 0 Å². The van der Waals surface area contributed by atoms with Crippen LogP contribution in [-0.2, 0) is 11.3 Å². The van der Waals surface area contributed by atoms with E-state index in [0.717, 1.165) is 24.3 Å². The predicted molar refractivity (Wildman–Crippen MR) is 74.4 cm³/mol. The van der Waals surface area contributed by atoms with Gasteiger partial charge in [0.25, 0.3) is 0 Å². The van der Waals surface area contributed by atoms with E-state index in [1.54, 1.807) is 20.3 Å². The van der Waals surface area contributed by atoms with E-state index < -0.39 is 0 Å². The molecule has 0 amide bonds. The number of nitriles is 1. The fourth-order valence-electron chi connectivity index (χ4n) is 2.68. The Balaban J connectivity index is 2.18. The zero-order chi connectivity index (χ0) is 14.5. The van der Waals surface area contributed by atoms with Gasteiger partial charge in [0.05, 0.1) is 31.5 Å². The Morgan fingerprint density at radius 3 is 2.85 bits per heavy atom. The van der Waals surface area contributed by atoms with Gasteiger partial charge in [-0.3, -0.25) is 4.90 Å². The molecule has 0 radical (unpaired) electrons. The van der Waals surface area contributed by atoms with E-state index in [9.17, 15) is 5.11 Å². The molecule has 0 spiro atoms. The summed E-state index contributed by atoms with van der Waals surface area (Å²) >= 11 is 0. The summed E-state index contributed by atoms with van der Waals surface area (Å²) in [6, 6.07) is 7.63. The molecule has 0 aromatic heterocycles. The highest BCUT2D eigenvalue weighted by molar-refractivity contribution is 5.42. The lowest BCUT2D eigenvalue weighted by Gasteiger charge is -2.23. The van der Waals surface area contributed by atoms with Gasteiger partial charge in [-0.1, -0.05) is 0 Å². The largest absolute Gasteiger partial charge is 0.496 e. The third-order valence-electron chi connectivity index (χ3n) is 3.82. The highest BCUT2D eigenvalue weighted by Gasteiger charge is 2.31. The minimum Gasteiger partial charge on any atom is -0.496 e. The van der Waals surface area contributed by atoms with E-state index >= 15 is 0 Å². The van der Waals surface area contributed by atoms with E-state index in [2.05, 4.69) is 11.0 Å². The van der Waals surface area contributed by atoms with Crippen LogP contribution in [0.2, 0.25) is 0 Å². The van der Waals surface area contributed by atoms with Gasteiger partial charge in [-0.05, 0) is 24.6 Å². The van der Waals surface area contributed by atoms with Gasteiger partial charge in [0.2, 0.25) is 0 Å². The standard InChI is InChI=1S/C15H20N2O3/c1-19-14-6-13(10-18)17(9-14)8-12-5-11(7-16)3-4-15(12)20-2/h3-5,13-14,18H,6,8-10H2,1-2H3/t13-,14-/m0/s1. The van der Waals surface area contributed by atoms with Gasteiger partial charge in [-0.2, -0.15) is 5.26 Å². The molecule has 2 atom stereocenters. The molecule has 1 saturated heterocycles. The third-order valence-corrected chi connectivity index (χ3v) is 3.82. The lowest BCUT2D eigenvalue weighted by Crippen LogP contribution is -2.32. The lowest BCUT2D eigenvalue weighted by molar-refractivity contribution is 0.107. The lowest BCUT2D eigenvalue weighted by atomic mass is 10.1.